The van der Waals surface area contributed by atoms with Crippen LogP contribution >= 0.6 is 0 Å². The second kappa shape index (κ2) is 7.96. The number of para-hydroxylation sites is 1. The maximum absolute atomic E-state index is 13.6. The van der Waals surface area contributed by atoms with E-state index in [4.69, 9.17) is 0 Å². The lowest BCUT2D eigenvalue weighted by molar-refractivity contribution is -0.137. The number of rotatable bonds is 4. The van der Waals surface area contributed by atoms with Crippen LogP contribution < -0.4 is 5.32 Å². The highest BCUT2D eigenvalue weighted by Gasteiger charge is 2.34. The van der Waals surface area contributed by atoms with Crippen LogP contribution in [0.1, 0.15) is 11.1 Å². The number of halogens is 3. The predicted octanol–water partition coefficient (Wildman–Crippen LogP) is 7.08. The van der Waals surface area contributed by atoms with Gasteiger partial charge < -0.3 is 5.32 Å². The van der Waals surface area contributed by atoms with Gasteiger partial charge in [0.1, 0.15) is 5.82 Å². The van der Waals surface area contributed by atoms with E-state index in [2.05, 4.69) is 21.4 Å². The number of hydrogen-bond donors (Lipinski definition) is 1. The fourth-order valence-electron chi connectivity index (χ4n) is 3.88. The van der Waals surface area contributed by atoms with Gasteiger partial charge in [0.25, 0.3) is 0 Å². The van der Waals surface area contributed by atoms with E-state index < -0.39 is 11.7 Å². The van der Waals surface area contributed by atoms with Crippen molar-refractivity contribution in [2.24, 2.45) is 0 Å². The summed E-state index contributed by atoms with van der Waals surface area (Å²) in [6.07, 6.45) is -4.50. The zero-order valence-electron chi connectivity index (χ0n) is 16.9. The smallest absolute Gasteiger partial charge is 0.365 e. The fraction of sp³-hybridized carbons (Fsp3) is 0.0769. The van der Waals surface area contributed by atoms with Crippen LogP contribution in [0.25, 0.3) is 33.1 Å². The number of hydrogen-bond acceptors (Lipinski definition) is 3. The van der Waals surface area contributed by atoms with Crippen molar-refractivity contribution in [3.63, 3.8) is 0 Å². The van der Waals surface area contributed by atoms with Gasteiger partial charge in [0, 0.05) is 17.5 Å². The normalized spacial score (nSPS) is 11.7. The molecule has 1 N–H and O–H groups in total. The summed E-state index contributed by atoms with van der Waals surface area (Å²) in [6.45, 7) is 0.475. The molecule has 1 aromatic heterocycles. The number of nitrogens with one attached hydrogen (secondary N) is 1. The van der Waals surface area contributed by atoms with Gasteiger partial charge in [0.2, 0.25) is 0 Å². The van der Waals surface area contributed by atoms with Crippen LogP contribution in [-0.2, 0) is 12.7 Å². The summed E-state index contributed by atoms with van der Waals surface area (Å²) in [4.78, 5) is 8.95. The molecule has 0 aliphatic rings. The number of benzene rings is 4. The van der Waals surface area contributed by atoms with Crippen molar-refractivity contribution in [1.29, 1.82) is 0 Å². The molecule has 0 aliphatic heterocycles. The van der Waals surface area contributed by atoms with E-state index in [1.807, 2.05) is 54.6 Å². The first-order valence-electron chi connectivity index (χ1n) is 10.1. The Kier molecular flexibility index (Phi) is 4.98. The van der Waals surface area contributed by atoms with E-state index in [0.29, 0.717) is 17.9 Å². The Labute approximate surface area is 182 Å². The molecule has 4 aromatic carbocycles. The number of aromatic nitrogens is 2. The summed E-state index contributed by atoms with van der Waals surface area (Å²) in [6, 6.07) is 26.8. The highest BCUT2D eigenvalue weighted by molar-refractivity contribution is 5.91. The maximum Gasteiger partial charge on any atom is 0.417 e. The highest BCUT2D eigenvalue weighted by atomic mass is 19.4. The van der Waals surface area contributed by atoms with E-state index >= 15 is 0 Å². The largest absolute Gasteiger partial charge is 0.417 e. The van der Waals surface area contributed by atoms with Crippen molar-refractivity contribution < 1.29 is 13.2 Å². The molecule has 1 heterocycles. The Hall–Kier alpha value is -3.93. The molecule has 0 unspecified atom stereocenters. The Morgan fingerprint density at radius 3 is 2.22 bits per heavy atom. The summed E-state index contributed by atoms with van der Waals surface area (Å²) < 4.78 is 40.8. The summed E-state index contributed by atoms with van der Waals surface area (Å²) in [7, 11) is 0. The quantitative estimate of drug-likeness (QED) is 0.332. The fourth-order valence-corrected chi connectivity index (χ4v) is 3.88. The minimum absolute atomic E-state index is 0.0389. The molecule has 0 aliphatic carbocycles. The first-order chi connectivity index (χ1) is 15.5. The van der Waals surface area contributed by atoms with Crippen LogP contribution in [-0.4, -0.2) is 9.97 Å². The topological polar surface area (TPSA) is 37.8 Å². The molecule has 0 amide bonds. The second-order valence-corrected chi connectivity index (χ2v) is 7.45. The Bertz CT molecular complexity index is 1420. The summed E-state index contributed by atoms with van der Waals surface area (Å²) >= 11 is 0. The minimum atomic E-state index is -4.50. The van der Waals surface area contributed by atoms with Gasteiger partial charge in [0.05, 0.1) is 11.1 Å². The van der Waals surface area contributed by atoms with Gasteiger partial charge in [-0.2, -0.15) is 13.2 Å². The Morgan fingerprint density at radius 2 is 1.38 bits per heavy atom. The highest BCUT2D eigenvalue weighted by Crippen LogP contribution is 2.37. The molecule has 0 atom stereocenters. The van der Waals surface area contributed by atoms with Crippen LogP contribution in [0.15, 0.2) is 91.0 Å². The summed E-state index contributed by atoms with van der Waals surface area (Å²) in [5, 5.41) is 6.32. The maximum atomic E-state index is 13.6. The molecule has 158 valence electrons. The second-order valence-electron chi connectivity index (χ2n) is 7.45. The molecular weight excluding hydrogens is 411 g/mol. The van der Waals surface area contributed by atoms with Crippen molar-refractivity contribution in [1.82, 2.24) is 9.97 Å². The van der Waals surface area contributed by atoms with Crippen molar-refractivity contribution >= 4 is 27.5 Å². The Balaban J connectivity index is 1.60. The van der Waals surface area contributed by atoms with E-state index in [1.54, 1.807) is 12.1 Å². The van der Waals surface area contributed by atoms with Crippen LogP contribution in [0.3, 0.4) is 0 Å². The van der Waals surface area contributed by atoms with E-state index in [0.717, 1.165) is 27.8 Å². The van der Waals surface area contributed by atoms with Gasteiger partial charge in [-0.25, -0.2) is 9.97 Å². The zero-order valence-corrected chi connectivity index (χ0v) is 16.9. The monoisotopic (exact) mass is 429 g/mol. The van der Waals surface area contributed by atoms with Crippen molar-refractivity contribution in [3.8, 4) is 11.4 Å². The van der Waals surface area contributed by atoms with Crippen LogP contribution in [0, 0.1) is 0 Å². The number of anilines is 1. The zero-order chi connectivity index (χ0) is 22.1. The average Bonchev–Trinajstić information content (AvgIpc) is 2.82. The number of nitrogens with zero attached hydrogens (tertiary/aromatic N) is 2. The molecule has 0 saturated heterocycles. The van der Waals surface area contributed by atoms with Gasteiger partial charge >= 0.3 is 6.18 Å². The lowest BCUT2D eigenvalue weighted by atomic mass is 10.0. The molecule has 32 heavy (non-hydrogen) atoms. The standard InChI is InChI=1S/C26H18F3N3/c27-26(28,29)22-14-5-3-12-20(22)25-31-23-15-6-4-13-21(23)24(32-25)30-16-18-10-7-9-17-8-1-2-11-19(17)18/h1-15H,16H2,(H,30,31,32). The first kappa shape index (κ1) is 20.0. The molecule has 0 fully saturated rings. The third kappa shape index (κ3) is 3.75. The molecule has 3 nitrogen and oxygen atoms in total. The van der Waals surface area contributed by atoms with Crippen LogP contribution in [0.4, 0.5) is 19.0 Å². The van der Waals surface area contributed by atoms with Gasteiger partial charge in [-0.3, -0.25) is 0 Å². The lowest BCUT2D eigenvalue weighted by Gasteiger charge is -2.15. The van der Waals surface area contributed by atoms with E-state index in [9.17, 15) is 13.2 Å². The molecule has 6 heteroatoms. The van der Waals surface area contributed by atoms with Crippen LogP contribution in [0.5, 0.6) is 0 Å². The molecule has 5 rings (SSSR count). The third-order valence-corrected chi connectivity index (χ3v) is 5.40. The molecular formula is C26H18F3N3. The third-order valence-electron chi connectivity index (χ3n) is 5.40. The van der Waals surface area contributed by atoms with Gasteiger partial charge in [-0.15, -0.1) is 0 Å². The van der Waals surface area contributed by atoms with Crippen molar-refractivity contribution in [2.45, 2.75) is 12.7 Å². The van der Waals surface area contributed by atoms with Crippen molar-refractivity contribution in [3.05, 3.63) is 102 Å². The molecule has 0 spiro atoms. The van der Waals surface area contributed by atoms with Gasteiger partial charge in [-0.05, 0) is 34.5 Å². The average molecular weight is 429 g/mol. The first-order valence-corrected chi connectivity index (χ1v) is 10.1. The molecule has 5 aromatic rings. The molecule has 0 bridgehead atoms. The SMILES string of the molecule is FC(F)(F)c1ccccc1-c1nc(NCc2cccc3ccccc23)c2ccccc2n1. The summed E-state index contributed by atoms with van der Waals surface area (Å²) in [5.41, 5.74) is 0.854. The summed E-state index contributed by atoms with van der Waals surface area (Å²) in [5.74, 6) is 0.535. The minimum Gasteiger partial charge on any atom is -0.365 e. The number of fused-ring (bicyclic) bond motifs is 2. The van der Waals surface area contributed by atoms with Crippen LogP contribution in [0.2, 0.25) is 0 Å². The number of alkyl halides is 3. The van der Waals surface area contributed by atoms with Crippen molar-refractivity contribution in [2.75, 3.05) is 5.32 Å². The predicted molar refractivity (Wildman–Crippen MR) is 121 cm³/mol. The molecule has 0 radical (unpaired) electrons. The molecule has 0 saturated carbocycles. The van der Waals surface area contributed by atoms with E-state index in [-0.39, 0.29) is 11.4 Å². The van der Waals surface area contributed by atoms with Gasteiger partial charge in [0.15, 0.2) is 5.82 Å². The lowest BCUT2D eigenvalue weighted by Crippen LogP contribution is -2.09. The van der Waals surface area contributed by atoms with E-state index in [1.165, 1.54) is 12.1 Å². The Morgan fingerprint density at radius 1 is 0.688 bits per heavy atom. The van der Waals surface area contributed by atoms with Gasteiger partial charge in [-0.1, -0.05) is 72.8 Å².